The highest BCUT2D eigenvalue weighted by Crippen LogP contribution is 2.29. The van der Waals surface area contributed by atoms with Crippen molar-refractivity contribution in [1.82, 2.24) is 20.1 Å². The average molecular weight is 427 g/mol. The lowest BCUT2D eigenvalue weighted by atomic mass is 10.1. The average Bonchev–Trinajstić information content (AvgIpc) is 3.39. The first-order chi connectivity index (χ1) is 14.6. The molecule has 2 aromatic rings. The molecule has 1 saturated heterocycles. The van der Waals surface area contributed by atoms with E-state index in [4.69, 9.17) is 0 Å². The molecule has 0 bridgehead atoms. The number of amides is 3. The number of aromatic nitrogens is 3. The van der Waals surface area contributed by atoms with E-state index in [2.05, 4.69) is 35.7 Å². The smallest absolute Gasteiger partial charge is 0.262 e. The number of rotatable bonds is 5. The van der Waals surface area contributed by atoms with Gasteiger partial charge in [0, 0.05) is 30.8 Å². The van der Waals surface area contributed by atoms with Crippen molar-refractivity contribution in [3.05, 3.63) is 36.2 Å². The third kappa shape index (κ3) is 4.85. The molecule has 1 atom stereocenters. The van der Waals surface area contributed by atoms with E-state index in [1.165, 1.54) is 24.5 Å². The van der Waals surface area contributed by atoms with Crippen molar-refractivity contribution in [3.63, 3.8) is 0 Å². The van der Waals surface area contributed by atoms with Crippen LogP contribution in [0.15, 0.2) is 35.6 Å². The summed E-state index contributed by atoms with van der Waals surface area (Å²) >= 11 is 1.36. The Morgan fingerprint density at radius 2 is 2.03 bits per heavy atom. The number of benzene rings is 1. The molecule has 1 aromatic heterocycles. The number of carbonyl (C=O) groups excluding carboxylic acids is 3. The van der Waals surface area contributed by atoms with Gasteiger partial charge in [-0.05, 0) is 37.5 Å². The van der Waals surface area contributed by atoms with Gasteiger partial charge in [0.1, 0.15) is 11.6 Å². The minimum atomic E-state index is -0.514. The van der Waals surface area contributed by atoms with Crippen LogP contribution in [-0.4, -0.2) is 61.3 Å². The molecule has 4 rings (SSSR count). The van der Waals surface area contributed by atoms with Gasteiger partial charge in [-0.1, -0.05) is 17.8 Å². The molecule has 0 spiro atoms. The van der Waals surface area contributed by atoms with Gasteiger partial charge in [0.25, 0.3) is 11.8 Å². The second-order valence-corrected chi connectivity index (χ2v) is 8.18. The maximum atomic E-state index is 12.5. The van der Waals surface area contributed by atoms with Gasteiger partial charge in [-0.15, -0.1) is 0 Å². The second kappa shape index (κ2) is 9.08. The number of likely N-dealkylation sites (tertiary alicyclic amines) is 1. The zero-order chi connectivity index (χ0) is 20.9. The third-order valence-electron chi connectivity index (χ3n) is 4.78. The number of aromatic amines is 1. The summed E-state index contributed by atoms with van der Waals surface area (Å²) in [4.78, 5) is 47.1. The van der Waals surface area contributed by atoms with Crippen LogP contribution in [0.2, 0.25) is 0 Å². The first-order valence-corrected chi connectivity index (χ1v) is 10.6. The predicted molar refractivity (Wildman–Crippen MR) is 113 cm³/mol. The van der Waals surface area contributed by atoms with Crippen molar-refractivity contribution in [1.29, 1.82) is 0 Å². The van der Waals surface area contributed by atoms with E-state index >= 15 is 0 Å². The summed E-state index contributed by atoms with van der Waals surface area (Å²) in [5.74, 6) is -0.723. The van der Waals surface area contributed by atoms with Gasteiger partial charge in [0.15, 0.2) is 5.17 Å². The molecule has 0 saturated carbocycles. The van der Waals surface area contributed by atoms with Crippen LogP contribution in [0, 0.1) is 0 Å². The van der Waals surface area contributed by atoms with Gasteiger partial charge in [-0.25, -0.2) is 5.10 Å². The van der Waals surface area contributed by atoms with Crippen LogP contribution in [0.25, 0.3) is 0 Å². The first kappa shape index (κ1) is 20.1. The standard InChI is InChI=1S/C19H21N7O3S/c27-15(10-14-17(29)24-19(30-14)26-7-2-1-3-8-26)22-13-6-4-5-12(9-13)16(28)23-18-20-11-21-25-18/h4-6,9,11,14H,1-3,7-8,10H2,(H,22,27)(H2,20,21,23,25,28)/t14-/m1/s1. The van der Waals surface area contributed by atoms with Crippen LogP contribution in [0.4, 0.5) is 11.6 Å². The highest BCUT2D eigenvalue weighted by atomic mass is 32.2. The monoisotopic (exact) mass is 427 g/mol. The number of amidine groups is 1. The third-order valence-corrected chi connectivity index (χ3v) is 5.99. The Kier molecular flexibility index (Phi) is 6.07. The molecule has 3 amide bonds. The number of hydrogen-bond donors (Lipinski definition) is 3. The fourth-order valence-electron chi connectivity index (χ4n) is 3.29. The van der Waals surface area contributed by atoms with Gasteiger partial charge < -0.3 is 10.2 Å². The highest BCUT2D eigenvalue weighted by Gasteiger charge is 2.33. The lowest BCUT2D eigenvalue weighted by Gasteiger charge is -2.27. The summed E-state index contributed by atoms with van der Waals surface area (Å²) in [5.41, 5.74) is 0.823. The zero-order valence-electron chi connectivity index (χ0n) is 16.1. The van der Waals surface area contributed by atoms with E-state index in [9.17, 15) is 14.4 Å². The Bertz CT molecular complexity index is 970. The lowest BCUT2D eigenvalue weighted by Crippen LogP contribution is -2.33. The summed E-state index contributed by atoms with van der Waals surface area (Å²) < 4.78 is 0. The van der Waals surface area contributed by atoms with E-state index in [1.54, 1.807) is 24.3 Å². The molecule has 0 radical (unpaired) electrons. The van der Waals surface area contributed by atoms with Crippen molar-refractivity contribution in [2.45, 2.75) is 30.9 Å². The summed E-state index contributed by atoms with van der Waals surface area (Å²) in [6.07, 6.45) is 4.70. The summed E-state index contributed by atoms with van der Waals surface area (Å²) in [5, 5.41) is 11.7. The van der Waals surface area contributed by atoms with E-state index in [0.29, 0.717) is 11.3 Å². The lowest BCUT2D eigenvalue weighted by molar-refractivity contribution is -0.121. The number of hydrogen-bond acceptors (Lipinski definition) is 7. The van der Waals surface area contributed by atoms with Crippen molar-refractivity contribution >= 4 is 46.3 Å². The maximum absolute atomic E-state index is 12.5. The number of anilines is 2. The van der Waals surface area contributed by atoms with Crippen LogP contribution < -0.4 is 10.6 Å². The van der Waals surface area contributed by atoms with Crippen LogP contribution in [0.5, 0.6) is 0 Å². The SMILES string of the molecule is O=C(C[C@H]1SC(N2CCCCC2)=NC1=O)Nc1cccc(C(=O)Nc2ncn[nH]2)c1. The molecule has 30 heavy (non-hydrogen) atoms. The number of H-pyrrole nitrogens is 1. The summed E-state index contributed by atoms with van der Waals surface area (Å²) in [7, 11) is 0. The Labute approximate surface area is 176 Å². The molecule has 3 heterocycles. The molecular formula is C19H21N7O3S. The molecule has 1 aromatic carbocycles. The minimum absolute atomic E-state index is 0.0266. The fraction of sp³-hybridized carbons (Fsp3) is 0.368. The Balaban J connectivity index is 1.32. The fourth-order valence-corrected chi connectivity index (χ4v) is 4.41. The molecule has 10 nitrogen and oxygen atoms in total. The molecule has 2 aliphatic heterocycles. The second-order valence-electron chi connectivity index (χ2n) is 7.01. The number of nitrogens with one attached hydrogen (secondary N) is 3. The summed E-state index contributed by atoms with van der Waals surface area (Å²) in [6, 6.07) is 6.53. The van der Waals surface area contributed by atoms with Crippen molar-refractivity contribution < 1.29 is 14.4 Å². The van der Waals surface area contributed by atoms with E-state index in [0.717, 1.165) is 31.1 Å². The van der Waals surface area contributed by atoms with Gasteiger partial charge in [-0.2, -0.15) is 15.1 Å². The van der Waals surface area contributed by atoms with Crippen molar-refractivity contribution in [2.75, 3.05) is 23.7 Å². The minimum Gasteiger partial charge on any atom is -0.351 e. The van der Waals surface area contributed by atoms with E-state index in [1.807, 2.05) is 0 Å². The molecule has 156 valence electrons. The Morgan fingerprint density at radius 1 is 1.20 bits per heavy atom. The topological polar surface area (TPSA) is 132 Å². The molecule has 0 aliphatic carbocycles. The Morgan fingerprint density at radius 3 is 2.80 bits per heavy atom. The van der Waals surface area contributed by atoms with E-state index in [-0.39, 0.29) is 30.1 Å². The number of carbonyl (C=O) groups is 3. The predicted octanol–water partition coefficient (Wildman–Crippen LogP) is 1.87. The molecule has 0 unspecified atom stereocenters. The Hall–Kier alpha value is -3.21. The first-order valence-electron chi connectivity index (χ1n) is 9.69. The quantitative estimate of drug-likeness (QED) is 0.663. The van der Waals surface area contributed by atoms with E-state index < -0.39 is 5.25 Å². The number of thioether (sulfide) groups is 1. The number of aliphatic imine (C=N–C) groups is 1. The highest BCUT2D eigenvalue weighted by molar-refractivity contribution is 8.15. The molecule has 1 fully saturated rings. The van der Waals surface area contributed by atoms with Crippen molar-refractivity contribution in [3.8, 4) is 0 Å². The van der Waals surface area contributed by atoms with Crippen LogP contribution in [-0.2, 0) is 9.59 Å². The van der Waals surface area contributed by atoms with Gasteiger partial charge in [0.2, 0.25) is 11.9 Å². The molecule has 3 N–H and O–H groups in total. The van der Waals surface area contributed by atoms with Crippen molar-refractivity contribution in [2.24, 2.45) is 4.99 Å². The van der Waals surface area contributed by atoms with Crippen LogP contribution in [0.3, 0.4) is 0 Å². The molecular weight excluding hydrogens is 406 g/mol. The largest absolute Gasteiger partial charge is 0.351 e. The normalized spacial score (nSPS) is 18.8. The zero-order valence-corrected chi connectivity index (χ0v) is 16.9. The molecule has 2 aliphatic rings. The summed E-state index contributed by atoms with van der Waals surface area (Å²) in [6.45, 7) is 1.81. The van der Waals surface area contributed by atoms with Gasteiger partial charge in [-0.3, -0.25) is 19.7 Å². The van der Waals surface area contributed by atoms with Gasteiger partial charge >= 0.3 is 0 Å². The van der Waals surface area contributed by atoms with Crippen LogP contribution >= 0.6 is 11.8 Å². The number of nitrogens with zero attached hydrogens (tertiary/aromatic N) is 4. The maximum Gasteiger partial charge on any atom is 0.262 e. The molecule has 11 heteroatoms. The van der Waals surface area contributed by atoms with Crippen LogP contribution in [0.1, 0.15) is 36.0 Å². The van der Waals surface area contributed by atoms with Gasteiger partial charge in [0.05, 0.1) is 0 Å². The number of piperidine rings is 1.